The maximum Gasteiger partial charge on any atom is 0.222 e. The van der Waals surface area contributed by atoms with E-state index in [9.17, 15) is 4.79 Å². The Balaban J connectivity index is 1.41. The molecular weight excluding hydrogens is 238 g/mol. The van der Waals surface area contributed by atoms with Gasteiger partial charge in [-0.2, -0.15) is 0 Å². The smallest absolute Gasteiger partial charge is 0.222 e. The predicted molar refractivity (Wildman–Crippen MR) is 76.0 cm³/mol. The summed E-state index contributed by atoms with van der Waals surface area (Å²) in [7, 11) is 0. The van der Waals surface area contributed by atoms with Gasteiger partial charge in [0, 0.05) is 38.6 Å². The van der Waals surface area contributed by atoms with Crippen LogP contribution >= 0.6 is 0 Å². The number of piperazine rings is 1. The van der Waals surface area contributed by atoms with Crippen LogP contribution in [0.5, 0.6) is 0 Å². The second kappa shape index (κ2) is 6.23. The van der Waals surface area contributed by atoms with Gasteiger partial charge in [-0.1, -0.05) is 6.42 Å². The van der Waals surface area contributed by atoms with Crippen LogP contribution in [0.4, 0.5) is 0 Å². The molecule has 3 aliphatic rings. The molecule has 1 N–H and O–H groups in total. The van der Waals surface area contributed by atoms with E-state index in [1.54, 1.807) is 0 Å². The molecule has 4 heteroatoms. The molecule has 0 aromatic rings. The number of amides is 1. The Morgan fingerprint density at radius 1 is 1.00 bits per heavy atom. The molecule has 1 amide bonds. The lowest BCUT2D eigenvalue weighted by atomic mass is 9.91. The average molecular weight is 265 g/mol. The van der Waals surface area contributed by atoms with Crippen molar-refractivity contribution in [2.75, 3.05) is 39.3 Å². The molecule has 0 atom stereocenters. The zero-order valence-electron chi connectivity index (χ0n) is 11.9. The lowest BCUT2D eigenvalue weighted by molar-refractivity contribution is -0.134. The average Bonchev–Trinajstić information content (AvgIpc) is 2.39. The third-order valence-electron chi connectivity index (χ3n) is 5.18. The minimum absolute atomic E-state index is 0.403. The molecule has 0 aromatic carbocycles. The Morgan fingerprint density at radius 3 is 2.26 bits per heavy atom. The van der Waals surface area contributed by atoms with Gasteiger partial charge in [0.1, 0.15) is 0 Å². The molecule has 2 aliphatic heterocycles. The van der Waals surface area contributed by atoms with E-state index in [0.717, 1.165) is 51.7 Å². The fraction of sp³-hybridized carbons (Fsp3) is 0.933. The molecular formula is C15H27N3O. The largest absolute Gasteiger partial charge is 0.340 e. The normalized spacial score (nSPS) is 27.3. The number of nitrogens with zero attached hydrogens (tertiary/aromatic N) is 2. The zero-order chi connectivity index (χ0) is 13.1. The van der Waals surface area contributed by atoms with Crippen LogP contribution in [-0.4, -0.2) is 61.0 Å². The number of hydrogen-bond donors (Lipinski definition) is 1. The van der Waals surface area contributed by atoms with E-state index < -0.39 is 0 Å². The highest BCUT2D eigenvalue weighted by Crippen LogP contribution is 2.26. The number of nitrogens with one attached hydrogen (secondary N) is 1. The molecule has 4 nitrogen and oxygen atoms in total. The van der Waals surface area contributed by atoms with Crippen LogP contribution < -0.4 is 5.32 Å². The lowest BCUT2D eigenvalue weighted by Gasteiger charge is -2.43. The molecule has 3 rings (SSSR count). The van der Waals surface area contributed by atoms with Crippen LogP contribution in [0.15, 0.2) is 0 Å². The number of piperidine rings is 1. The van der Waals surface area contributed by atoms with E-state index in [1.807, 2.05) is 0 Å². The van der Waals surface area contributed by atoms with Crippen LogP contribution in [-0.2, 0) is 4.79 Å². The van der Waals surface area contributed by atoms with Crippen molar-refractivity contribution in [3.8, 4) is 0 Å². The summed E-state index contributed by atoms with van der Waals surface area (Å²) >= 11 is 0. The fourth-order valence-corrected chi connectivity index (χ4v) is 3.55. The Hall–Kier alpha value is -0.610. The summed E-state index contributed by atoms with van der Waals surface area (Å²) in [5.74, 6) is 1.03. The summed E-state index contributed by atoms with van der Waals surface area (Å²) in [6, 6.07) is 0.835. The second-order valence-electron chi connectivity index (χ2n) is 6.40. The first kappa shape index (κ1) is 13.4. The minimum Gasteiger partial charge on any atom is -0.340 e. The Kier molecular flexibility index (Phi) is 4.38. The van der Waals surface area contributed by atoms with E-state index in [-0.39, 0.29) is 0 Å². The van der Waals surface area contributed by atoms with Gasteiger partial charge in [0.15, 0.2) is 0 Å². The monoisotopic (exact) mass is 265 g/mol. The summed E-state index contributed by atoms with van der Waals surface area (Å²) < 4.78 is 0. The molecule has 0 spiro atoms. The number of carbonyl (C=O) groups excluding carboxylic acids is 1. The van der Waals surface area contributed by atoms with Gasteiger partial charge in [-0.25, -0.2) is 0 Å². The van der Waals surface area contributed by atoms with Crippen molar-refractivity contribution in [2.24, 2.45) is 5.92 Å². The Morgan fingerprint density at radius 2 is 1.68 bits per heavy atom. The van der Waals surface area contributed by atoms with Crippen LogP contribution in [0.25, 0.3) is 0 Å². The summed E-state index contributed by atoms with van der Waals surface area (Å²) in [4.78, 5) is 17.0. The van der Waals surface area contributed by atoms with Gasteiger partial charge < -0.3 is 10.2 Å². The van der Waals surface area contributed by atoms with Crippen LogP contribution in [0, 0.1) is 5.92 Å². The first-order chi connectivity index (χ1) is 9.33. The minimum atomic E-state index is 0.403. The van der Waals surface area contributed by atoms with Gasteiger partial charge in [-0.15, -0.1) is 0 Å². The maximum absolute atomic E-state index is 12.3. The quantitative estimate of drug-likeness (QED) is 0.829. The van der Waals surface area contributed by atoms with Gasteiger partial charge >= 0.3 is 0 Å². The van der Waals surface area contributed by atoms with Crippen molar-refractivity contribution in [2.45, 2.75) is 44.6 Å². The van der Waals surface area contributed by atoms with Gasteiger partial charge in [0.25, 0.3) is 0 Å². The summed E-state index contributed by atoms with van der Waals surface area (Å²) in [6.07, 6.45) is 7.29. The third kappa shape index (κ3) is 3.29. The van der Waals surface area contributed by atoms with Crippen LogP contribution in [0.1, 0.15) is 38.5 Å². The topological polar surface area (TPSA) is 35.6 Å². The highest BCUT2D eigenvalue weighted by atomic mass is 16.2. The molecule has 0 unspecified atom stereocenters. The van der Waals surface area contributed by atoms with Crippen molar-refractivity contribution >= 4 is 5.91 Å². The van der Waals surface area contributed by atoms with Gasteiger partial charge in [-0.3, -0.25) is 9.69 Å². The fourth-order valence-electron chi connectivity index (χ4n) is 3.55. The molecule has 108 valence electrons. The van der Waals surface area contributed by atoms with E-state index in [0.29, 0.717) is 11.8 Å². The SMILES string of the molecule is O=C(CC1CCNCC1)N1CCN(C2CCC2)CC1. The van der Waals surface area contributed by atoms with Crippen molar-refractivity contribution in [1.29, 1.82) is 0 Å². The van der Waals surface area contributed by atoms with E-state index in [1.165, 1.54) is 32.1 Å². The van der Waals surface area contributed by atoms with Crippen molar-refractivity contribution in [3.63, 3.8) is 0 Å². The Labute approximate surface area is 116 Å². The highest BCUT2D eigenvalue weighted by molar-refractivity contribution is 5.76. The van der Waals surface area contributed by atoms with Gasteiger partial charge in [-0.05, 0) is 44.7 Å². The zero-order valence-corrected chi connectivity index (χ0v) is 11.9. The third-order valence-corrected chi connectivity index (χ3v) is 5.18. The standard InChI is InChI=1S/C15H27N3O/c19-15(12-13-4-6-16-7-5-13)18-10-8-17(9-11-18)14-2-1-3-14/h13-14,16H,1-12H2. The van der Waals surface area contributed by atoms with Gasteiger partial charge in [0.05, 0.1) is 0 Å². The molecule has 0 bridgehead atoms. The predicted octanol–water partition coefficient (Wildman–Crippen LogP) is 1.07. The molecule has 1 saturated carbocycles. The first-order valence-corrected chi connectivity index (χ1v) is 8.05. The van der Waals surface area contributed by atoms with Crippen LogP contribution in [0.3, 0.4) is 0 Å². The van der Waals surface area contributed by atoms with E-state index in [2.05, 4.69) is 15.1 Å². The lowest BCUT2D eigenvalue weighted by Crippen LogP contribution is -2.53. The summed E-state index contributed by atoms with van der Waals surface area (Å²) in [6.45, 7) is 6.30. The highest BCUT2D eigenvalue weighted by Gasteiger charge is 2.30. The molecule has 2 heterocycles. The van der Waals surface area contributed by atoms with Crippen molar-refractivity contribution < 1.29 is 4.79 Å². The number of carbonyl (C=O) groups is 1. The number of rotatable bonds is 3. The first-order valence-electron chi connectivity index (χ1n) is 8.05. The van der Waals surface area contributed by atoms with Crippen molar-refractivity contribution in [1.82, 2.24) is 15.1 Å². The summed E-state index contributed by atoms with van der Waals surface area (Å²) in [5, 5.41) is 3.37. The Bertz CT molecular complexity index is 303. The maximum atomic E-state index is 12.3. The van der Waals surface area contributed by atoms with E-state index >= 15 is 0 Å². The molecule has 19 heavy (non-hydrogen) atoms. The molecule has 2 saturated heterocycles. The molecule has 1 aliphatic carbocycles. The molecule has 0 radical (unpaired) electrons. The second-order valence-corrected chi connectivity index (χ2v) is 6.40. The number of hydrogen-bond acceptors (Lipinski definition) is 3. The van der Waals surface area contributed by atoms with Crippen molar-refractivity contribution in [3.05, 3.63) is 0 Å². The van der Waals surface area contributed by atoms with Gasteiger partial charge in [0.2, 0.25) is 5.91 Å². The molecule has 0 aromatic heterocycles. The van der Waals surface area contributed by atoms with E-state index in [4.69, 9.17) is 0 Å². The molecule has 3 fully saturated rings. The van der Waals surface area contributed by atoms with Crippen LogP contribution in [0.2, 0.25) is 0 Å². The summed E-state index contributed by atoms with van der Waals surface area (Å²) in [5.41, 5.74) is 0.